The Morgan fingerprint density at radius 2 is 2.13 bits per heavy atom. The molecule has 2 saturated heterocycles. The van der Waals surface area contributed by atoms with Crippen molar-refractivity contribution in [2.24, 2.45) is 5.41 Å². The Hall–Kier alpha value is -2.55. The second-order valence-electron chi connectivity index (χ2n) is 11.9. The third-order valence-electron chi connectivity index (χ3n) is 9.08. The smallest absolute Gasteiger partial charge is 0.325 e. The number of rotatable bonds is 10. The van der Waals surface area contributed by atoms with Gasteiger partial charge in [-0.05, 0) is 105 Å². The minimum atomic E-state index is -0.955. The van der Waals surface area contributed by atoms with E-state index in [9.17, 15) is 14.3 Å². The molecule has 2 aromatic rings. The summed E-state index contributed by atoms with van der Waals surface area (Å²) >= 11 is 0. The maximum Gasteiger partial charge on any atom is 0.325 e. The van der Waals surface area contributed by atoms with E-state index < -0.39 is 17.8 Å². The summed E-state index contributed by atoms with van der Waals surface area (Å²) in [4.78, 5) is 19.2. The number of carbonyl (C=O) groups is 1. The Labute approximate surface area is 230 Å². The number of aliphatic carboxylic acids is 1. The lowest BCUT2D eigenvalue weighted by Gasteiger charge is -2.33. The van der Waals surface area contributed by atoms with Gasteiger partial charge in [0.25, 0.3) is 0 Å². The molecule has 0 bridgehead atoms. The first-order valence-corrected chi connectivity index (χ1v) is 14.7. The Balaban J connectivity index is 1.02. The van der Waals surface area contributed by atoms with E-state index in [4.69, 9.17) is 14.5 Å². The van der Waals surface area contributed by atoms with E-state index >= 15 is 0 Å². The van der Waals surface area contributed by atoms with Gasteiger partial charge in [-0.3, -0.25) is 9.69 Å². The maximum absolute atomic E-state index is 14.4. The highest BCUT2D eigenvalue weighted by molar-refractivity contribution is 5.76. The molecule has 1 aliphatic carbocycles. The predicted molar refractivity (Wildman–Crippen MR) is 146 cm³/mol. The van der Waals surface area contributed by atoms with Gasteiger partial charge in [-0.15, -0.1) is 0 Å². The molecule has 6 rings (SSSR count). The monoisotopic (exact) mass is 537 g/mol. The molecule has 3 fully saturated rings. The number of likely N-dealkylation sites (tertiary alicyclic amines) is 1. The molecule has 1 spiro atoms. The summed E-state index contributed by atoms with van der Waals surface area (Å²) in [7, 11) is 0. The van der Waals surface area contributed by atoms with Crippen molar-refractivity contribution in [3.63, 3.8) is 0 Å². The van der Waals surface area contributed by atoms with E-state index in [0.717, 1.165) is 75.0 Å². The Bertz CT molecular complexity index is 1180. The van der Waals surface area contributed by atoms with Crippen LogP contribution >= 0.6 is 0 Å². The fourth-order valence-electron chi connectivity index (χ4n) is 6.54. The van der Waals surface area contributed by atoms with Gasteiger partial charge in [0, 0.05) is 31.9 Å². The number of aromatic nitrogens is 1. The van der Waals surface area contributed by atoms with Crippen molar-refractivity contribution >= 4 is 11.8 Å². The fraction of sp³-hybridized carbons (Fsp3) is 0.613. The molecular weight excluding hydrogens is 497 g/mol. The number of hydrogen-bond acceptors (Lipinski definition) is 6. The summed E-state index contributed by atoms with van der Waals surface area (Å²) < 4.78 is 26.8. The van der Waals surface area contributed by atoms with Crippen molar-refractivity contribution in [1.29, 1.82) is 0 Å². The topological polar surface area (TPSA) is 83.9 Å². The molecule has 3 unspecified atom stereocenters. The number of halogens is 1. The van der Waals surface area contributed by atoms with Crippen molar-refractivity contribution in [2.45, 2.75) is 82.5 Å². The largest absolute Gasteiger partial charge is 0.480 e. The van der Waals surface area contributed by atoms with Gasteiger partial charge < -0.3 is 19.9 Å². The van der Waals surface area contributed by atoms with Gasteiger partial charge in [0.2, 0.25) is 0 Å². The molecule has 8 heteroatoms. The average molecular weight is 538 g/mol. The van der Waals surface area contributed by atoms with E-state index in [0.29, 0.717) is 37.3 Å². The third-order valence-corrected chi connectivity index (χ3v) is 9.08. The molecule has 0 radical (unpaired) electrons. The lowest BCUT2D eigenvalue weighted by molar-refractivity contribution is -0.143. The highest BCUT2D eigenvalue weighted by Crippen LogP contribution is 2.55. The van der Waals surface area contributed by atoms with Gasteiger partial charge in [-0.1, -0.05) is 12.1 Å². The molecule has 3 atom stereocenters. The van der Waals surface area contributed by atoms with E-state index in [2.05, 4.69) is 17.4 Å². The molecule has 2 N–H and O–H groups in total. The Kier molecular flexibility index (Phi) is 7.87. The molecule has 4 heterocycles. The minimum absolute atomic E-state index is 0.0180. The summed E-state index contributed by atoms with van der Waals surface area (Å²) in [5.41, 5.74) is 4.10. The predicted octanol–water partition coefficient (Wildman–Crippen LogP) is 5.45. The van der Waals surface area contributed by atoms with Gasteiger partial charge in [-0.25, -0.2) is 9.37 Å². The highest BCUT2D eigenvalue weighted by atomic mass is 19.1. The lowest BCUT2D eigenvalue weighted by Crippen LogP contribution is -2.35. The van der Waals surface area contributed by atoms with Crippen LogP contribution in [0.2, 0.25) is 0 Å². The number of nitrogens with zero attached hydrogens (tertiary/aromatic N) is 2. The second-order valence-corrected chi connectivity index (χ2v) is 11.9. The number of anilines is 1. The van der Waals surface area contributed by atoms with Crippen LogP contribution < -0.4 is 5.32 Å². The zero-order valence-corrected chi connectivity index (χ0v) is 22.7. The summed E-state index contributed by atoms with van der Waals surface area (Å²) in [6.07, 6.45) is 10.1. The van der Waals surface area contributed by atoms with Crippen LogP contribution in [0.3, 0.4) is 0 Å². The average Bonchev–Trinajstić information content (AvgIpc) is 3.53. The first-order valence-electron chi connectivity index (χ1n) is 14.7. The maximum atomic E-state index is 14.4. The zero-order chi connectivity index (χ0) is 26.8. The van der Waals surface area contributed by atoms with Gasteiger partial charge in [0.15, 0.2) is 0 Å². The van der Waals surface area contributed by atoms with Gasteiger partial charge in [0.1, 0.15) is 17.7 Å². The number of pyridine rings is 1. The van der Waals surface area contributed by atoms with Crippen LogP contribution in [0, 0.1) is 11.2 Å². The molecule has 1 aromatic heterocycles. The SMILES string of the molecule is O=C(O)C(c1cc(F)ccc1C1CCC2(CC2)CO1)N1CCC(OCCCCc2ccc3c(n2)NCCC3)C1. The van der Waals surface area contributed by atoms with E-state index in [1.54, 1.807) is 6.07 Å². The first-order chi connectivity index (χ1) is 19.0. The second kappa shape index (κ2) is 11.5. The molecule has 3 aliphatic heterocycles. The van der Waals surface area contributed by atoms with Gasteiger partial charge in [0.05, 0.1) is 18.8 Å². The molecule has 7 nitrogen and oxygen atoms in total. The normalized spacial score (nSPS) is 24.7. The lowest BCUT2D eigenvalue weighted by atomic mass is 9.88. The number of nitrogens with one attached hydrogen (secondary N) is 1. The standard InChI is InChI=1S/C31H40FN3O4/c32-22-7-9-25(27-10-12-31(13-14-31)20-39-27)26(18-22)28(30(36)37)35-16-11-24(19-35)38-17-2-1-5-23-8-6-21-4-3-15-33-29(21)34-23/h6-9,18,24,27-28H,1-5,10-17,19-20H2,(H,33,34)(H,36,37). The van der Waals surface area contributed by atoms with E-state index in [1.165, 1.54) is 30.5 Å². The van der Waals surface area contributed by atoms with Crippen molar-refractivity contribution in [3.8, 4) is 0 Å². The molecule has 4 aliphatic rings. The molecule has 210 valence electrons. The number of hydrogen-bond donors (Lipinski definition) is 2. The number of fused-ring (bicyclic) bond motifs is 1. The molecule has 0 amide bonds. The van der Waals surface area contributed by atoms with Crippen molar-refractivity contribution in [3.05, 3.63) is 58.5 Å². The number of aryl methyl sites for hydroxylation is 2. The van der Waals surface area contributed by atoms with Crippen LogP contribution in [-0.4, -0.2) is 59.9 Å². The highest BCUT2D eigenvalue weighted by Gasteiger charge is 2.46. The zero-order valence-electron chi connectivity index (χ0n) is 22.7. The van der Waals surface area contributed by atoms with E-state index in [1.807, 2.05) is 4.90 Å². The van der Waals surface area contributed by atoms with Crippen LogP contribution in [0.15, 0.2) is 30.3 Å². The minimum Gasteiger partial charge on any atom is -0.480 e. The quantitative estimate of drug-likeness (QED) is 0.390. The molecule has 1 saturated carbocycles. The van der Waals surface area contributed by atoms with Gasteiger partial charge in [-0.2, -0.15) is 0 Å². The van der Waals surface area contributed by atoms with Crippen LogP contribution in [0.5, 0.6) is 0 Å². The summed E-state index contributed by atoms with van der Waals surface area (Å²) in [6, 6.07) is 7.98. The van der Waals surface area contributed by atoms with Crippen molar-refractivity contribution in [2.75, 3.05) is 38.2 Å². The molecule has 1 aromatic carbocycles. The number of benzene rings is 1. The van der Waals surface area contributed by atoms with E-state index in [-0.39, 0.29) is 12.2 Å². The third kappa shape index (κ3) is 6.13. The van der Waals surface area contributed by atoms with Crippen LogP contribution in [0.4, 0.5) is 10.2 Å². The summed E-state index contributed by atoms with van der Waals surface area (Å²) in [5, 5.41) is 13.6. The Morgan fingerprint density at radius 3 is 2.92 bits per heavy atom. The first kappa shape index (κ1) is 26.7. The van der Waals surface area contributed by atoms with Crippen molar-refractivity contribution < 1.29 is 23.8 Å². The summed E-state index contributed by atoms with van der Waals surface area (Å²) in [5.74, 6) is -0.327. The van der Waals surface area contributed by atoms with Crippen LogP contribution in [0.1, 0.15) is 85.9 Å². The molecule has 39 heavy (non-hydrogen) atoms. The number of ether oxygens (including phenoxy) is 2. The van der Waals surface area contributed by atoms with Gasteiger partial charge >= 0.3 is 5.97 Å². The number of carboxylic acids is 1. The number of unbranched alkanes of at least 4 members (excludes halogenated alkanes) is 1. The van der Waals surface area contributed by atoms with Crippen LogP contribution in [0.25, 0.3) is 0 Å². The van der Waals surface area contributed by atoms with Crippen LogP contribution in [-0.2, 0) is 27.1 Å². The summed E-state index contributed by atoms with van der Waals surface area (Å²) in [6.45, 7) is 3.49. The van der Waals surface area contributed by atoms with Crippen molar-refractivity contribution in [1.82, 2.24) is 9.88 Å². The molecular formula is C31H40FN3O4. The fourth-order valence-corrected chi connectivity index (χ4v) is 6.54. The Morgan fingerprint density at radius 1 is 1.23 bits per heavy atom. The number of carboxylic acid groups (broad SMARTS) is 1.